The van der Waals surface area contributed by atoms with Gasteiger partial charge in [0, 0.05) is 13.1 Å². The lowest BCUT2D eigenvalue weighted by Crippen LogP contribution is -2.37. The molecule has 0 aliphatic rings. The molecule has 0 saturated heterocycles. The fraction of sp³-hybridized carbons (Fsp3) is 0.944. The van der Waals surface area contributed by atoms with Crippen LogP contribution in [-0.4, -0.2) is 23.9 Å². The van der Waals surface area contributed by atoms with Crippen LogP contribution in [0.2, 0.25) is 0 Å². The minimum absolute atomic E-state index is 0.252. The molecule has 3 nitrogen and oxygen atoms in total. The van der Waals surface area contributed by atoms with Crippen LogP contribution in [0, 0.1) is 5.41 Å². The Morgan fingerprint density at radius 1 is 0.667 bits per heavy atom. The molecule has 3 N–H and O–H groups in total. The number of unbranched alkanes of at least 4 members (excludes halogenated alkanes) is 11. The molecule has 0 saturated carbocycles. The zero-order valence-electron chi connectivity index (χ0n) is 14.6. The molecule has 0 heterocycles. The number of nitrogens with one attached hydrogen (secondary N) is 1. The highest BCUT2D eigenvalue weighted by Crippen LogP contribution is 2.11. The highest BCUT2D eigenvalue weighted by atomic mass is 15.2. The maximum absolute atomic E-state index is 7.62. The van der Waals surface area contributed by atoms with Crippen LogP contribution in [0.3, 0.4) is 0 Å². The molecule has 0 unspecified atom stereocenters. The van der Waals surface area contributed by atoms with Crippen LogP contribution in [0.25, 0.3) is 0 Å². The fourth-order valence-electron chi connectivity index (χ4n) is 2.70. The van der Waals surface area contributed by atoms with Crippen molar-refractivity contribution in [2.45, 2.75) is 97.3 Å². The van der Waals surface area contributed by atoms with E-state index >= 15 is 0 Å². The molecule has 0 rings (SSSR count). The summed E-state index contributed by atoms with van der Waals surface area (Å²) in [6, 6.07) is 0. The van der Waals surface area contributed by atoms with Crippen molar-refractivity contribution in [1.29, 1.82) is 5.41 Å². The molecular weight excluding hydrogens is 258 g/mol. The van der Waals surface area contributed by atoms with E-state index in [0.717, 1.165) is 19.5 Å². The molecule has 0 spiro atoms. The summed E-state index contributed by atoms with van der Waals surface area (Å²) >= 11 is 0. The largest absolute Gasteiger partial charge is 0.370 e. The monoisotopic (exact) mass is 297 g/mol. The first-order chi connectivity index (χ1) is 10.2. The molecule has 0 aliphatic carbocycles. The molecule has 0 radical (unpaired) electrons. The minimum atomic E-state index is 0.252. The third-order valence-electron chi connectivity index (χ3n) is 4.15. The lowest BCUT2D eigenvalue weighted by molar-refractivity contribution is 0.381. The van der Waals surface area contributed by atoms with Crippen LogP contribution in [0.1, 0.15) is 97.3 Å². The lowest BCUT2D eigenvalue weighted by Gasteiger charge is -2.22. The van der Waals surface area contributed by atoms with E-state index < -0.39 is 0 Å². The van der Waals surface area contributed by atoms with E-state index in [1.54, 1.807) is 0 Å². The molecule has 0 fully saturated rings. The topological polar surface area (TPSA) is 53.1 Å². The smallest absolute Gasteiger partial charge is 0.188 e. The van der Waals surface area contributed by atoms with E-state index in [0.29, 0.717) is 0 Å². The summed E-state index contributed by atoms with van der Waals surface area (Å²) in [7, 11) is 0. The standard InChI is InChI=1S/C18H39N3/c1-3-5-7-8-9-10-11-12-13-15-17-21(18(19)20)16-14-6-4-2/h3-17H2,1-2H3,(H3,19,20). The Bertz CT molecular complexity index is 229. The Morgan fingerprint density at radius 2 is 1.00 bits per heavy atom. The van der Waals surface area contributed by atoms with Gasteiger partial charge < -0.3 is 10.6 Å². The molecule has 0 aliphatic heterocycles. The molecule has 0 aromatic carbocycles. The van der Waals surface area contributed by atoms with Crippen LogP contribution in [0.15, 0.2) is 0 Å². The van der Waals surface area contributed by atoms with Crippen molar-refractivity contribution in [2.75, 3.05) is 13.1 Å². The molecule has 126 valence electrons. The summed E-state index contributed by atoms with van der Waals surface area (Å²) in [5, 5.41) is 7.62. The van der Waals surface area contributed by atoms with Gasteiger partial charge >= 0.3 is 0 Å². The number of nitrogens with two attached hydrogens (primary N) is 1. The van der Waals surface area contributed by atoms with Crippen molar-refractivity contribution in [1.82, 2.24) is 4.90 Å². The summed E-state index contributed by atoms with van der Waals surface area (Å²) in [5.74, 6) is 0.252. The van der Waals surface area contributed by atoms with Crippen molar-refractivity contribution in [3.63, 3.8) is 0 Å². The normalized spacial score (nSPS) is 10.8. The average molecular weight is 298 g/mol. The molecular formula is C18H39N3. The average Bonchev–Trinajstić information content (AvgIpc) is 2.47. The summed E-state index contributed by atoms with van der Waals surface area (Å²) in [5.41, 5.74) is 5.65. The van der Waals surface area contributed by atoms with Gasteiger partial charge in [-0.1, -0.05) is 84.5 Å². The quantitative estimate of drug-likeness (QED) is 0.245. The third kappa shape index (κ3) is 14.0. The lowest BCUT2D eigenvalue weighted by atomic mass is 10.1. The summed E-state index contributed by atoms with van der Waals surface area (Å²) in [4.78, 5) is 2.04. The Kier molecular flexibility index (Phi) is 15.1. The predicted molar refractivity (Wildman–Crippen MR) is 94.9 cm³/mol. The number of guanidine groups is 1. The van der Waals surface area contributed by atoms with Crippen molar-refractivity contribution < 1.29 is 0 Å². The number of rotatable bonds is 15. The first-order valence-electron chi connectivity index (χ1n) is 9.31. The van der Waals surface area contributed by atoms with E-state index in [9.17, 15) is 0 Å². The Hall–Kier alpha value is -0.730. The number of hydrogen-bond donors (Lipinski definition) is 2. The van der Waals surface area contributed by atoms with E-state index in [2.05, 4.69) is 13.8 Å². The SMILES string of the molecule is CCCCCCCCCCCCN(CCCCC)C(=N)N. The molecule has 21 heavy (non-hydrogen) atoms. The minimum Gasteiger partial charge on any atom is -0.370 e. The van der Waals surface area contributed by atoms with Gasteiger partial charge in [-0.05, 0) is 12.8 Å². The zero-order chi connectivity index (χ0) is 15.8. The Morgan fingerprint density at radius 3 is 1.43 bits per heavy atom. The van der Waals surface area contributed by atoms with Gasteiger partial charge in [-0.15, -0.1) is 0 Å². The highest BCUT2D eigenvalue weighted by Gasteiger charge is 2.05. The van der Waals surface area contributed by atoms with Gasteiger partial charge in [-0.2, -0.15) is 0 Å². The second-order valence-electron chi connectivity index (χ2n) is 6.26. The van der Waals surface area contributed by atoms with Gasteiger partial charge in [0.15, 0.2) is 5.96 Å². The van der Waals surface area contributed by atoms with E-state index in [1.165, 1.54) is 77.0 Å². The summed E-state index contributed by atoms with van der Waals surface area (Å²) < 4.78 is 0. The van der Waals surface area contributed by atoms with Crippen LogP contribution >= 0.6 is 0 Å². The third-order valence-corrected chi connectivity index (χ3v) is 4.15. The first kappa shape index (κ1) is 20.3. The van der Waals surface area contributed by atoms with Crippen molar-refractivity contribution in [2.24, 2.45) is 5.73 Å². The van der Waals surface area contributed by atoms with Gasteiger partial charge in [0.25, 0.3) is 0 Å². The van der Waals surface area contributed by atoms with Crippen molar-refractivity contribution in [3.05, 3.63) is 0 Å². The van der Waals surface area contributed by atoms with Crippen molar-refractivity contribution in [3.8, 4) is 0 Å². The molecule has 0 bridgehead atoms. The first-order valence-corrected chi connectivity index (χ1v) is 9.31. The van der Waals surface area contributed by atoms with Crippen LogP contribution in [0.4, 0.5) is 0 Å². The predicted octanol–water partition coefficient (Wildman–Crippen LogP) is 5.29. The van der Waals surface area contributed by atoms with Crippen molar-refractivity contribution >= 4 is 5.96 Å². The molecule has 0 aromatic heterocycles. The maximum atomic E-state index is 7.62. The number of hydrogen-bond acceptors (Lipinski definition) is 1. The van der Waals surface area contributed by atoms with Gasteiger partial charge in [-0.3, -0.25) is 5.41 Å². The van der Waals surface area contributed by atoms with Gasteiger partial charge in [0.1, 0.15) is 0 Å². The van der Waals surface area contributed by atoms with E-state index in [1.807, 2.05) is 4.90 Å². The maximum Gasteiger partial charge on any atom is 0.188 e. The highest BCUT2D eigenvalue weighted by molar-refractivity contribution is 5.74. The zero-order valence-corrected chi connectivity index (χ0v) is 14.6. The molecule has 0 aromatic rings. The van der Waals surface area contributed by atoms with Crippen LogP contribution < -0.4 is 5.73 Å². The molecule has 0 atom stereocenters. The Balaban J connectivity index is 3.39. The second kappa shape index (κ2) is 15.7. The molecule has 0 amide bonds. The fourth-order valence-corrected chi connectivity index (χ4v) is 2.70. The summed E-state index contributed by atoms with van der Waals surface area (Å²) in [6.07, 6.45) is 17.2. The van der Waals surface area contributed by atoms with Gasteiger partial charge in [0.05, 0.1) is 0 Å². The number of nitrogens with zero attached hydrogens (tertiary/aromatic N) is 1. The van der Waals surface area contributed by atoms with Gasteiger partial charge in [0.2, 0.25) is 0 Å². The van der Waals surface area contributed by atoms with E-state index in [-0.39, 0.29) is 5.96 Å². The van der Waals surface area contributed by atoms with E-state index in [4.69, 9.17) is 11.1 Å². The Labute approximate surface area is 133 Å². The van der Waals surface area contributed by atoms with Crippen LogP contribution in [0.5, 0.6) is 0 Å². The molecule has 3 heteroatoms. The van der Waals surface area contributed by atoms with Gasteiger partial charge in [-0.25, -0.2) is 0 Å². The van der Waals surface area contributed by atoms with Crippen LogP contribution in [-0.2, 0) is 0 Å². The summed E-state index contributed by atoms with van der Waals surface area (Å²) in [6.45, 7) is 6.41. The second-order valence-corrected chi connectivity index (χ2v) is 6.26.